The summed E-state index contributed by atoms with van der Waals surface area (Å²) in [5.41, 5.74) is 1.73. The van der Waals surface area contributed by atoms with Crippen LogP contribution in [0.25, 0.3) is 0 Å². The summed E-state index contributed by atoms with van der Waals surface area (Å²) in [6.45, 7) is 0.895. The number of nitrogens with one attached hydrogen (secondary N) is 2. The Bertz CT molecular complexity index is 479. The molecular formula is C13H14N4. The van der Waals surface area contributed by atoms with Crippen molar-refractivity contribution in [3.63, 3.8) is 0 Å². The van der Waals surface area contributed by atoms with Crippen LogP contribution in [-0.2, 0) is 6.42 Å². The van der Waals surface area contributed by atoms with E-state index in [0.29, 0.717) is 5.56 Å². The number of rotatable bonds is 5. The minimum atomic E-state index is 0.686. The maximum absolute atomic E-state index is 8.67. The highest BCUT2D eigenvalue weighted by atomic mass is 14.9. The largest absolute Gasteiger partial charge is 0.385 e. The van der Waals surface area contributed by atoms with Crippen LogP contribution in [-0.4, -0.2) is 16.5 Å². The van der Waals surface area contributed by atoms with E-state index in [9.17, 15) is 0 Å². The van der Waals surface area contributed by atoms with Crippen molar-refractivity contribution < 1.29 is 0 Å². The predicted octanol–water partition coefficient (Wildman–Crippen LogP) is 2.33. The molecule has 17 heavy (non-hydrogen) atoms. The van der Waals surface area contributed by atoms with Crippen molar-refractivity contribution in [2.24, 2.45) is 0 Å². The van der Waals surface area contributed by atoms with Crippen molar-refractivity contribution in [3.05, 3.63) is 48.0 Å². The molecule has 0 bridgehead atoms. The molecule has 0 aliphatic heterocycles. The number of aromatic nitrogens is 2. The van der Waals surface area contributed by atoms with E-state index < -0.39 is 0 Å². The molecule has 0 atom stereocenters. The van der Waals surface area contributed by atoms with E-state index in [0.717, 1.165) is 30.9 Å². The Morgan fingerprint density at radius 2 is 2.12 bits per heavy atom. The fraction of sp³-hybridized carbons (Fsp3) is 0.231. The Morgan fingerprint density at radius 3 is 2.76 bits per heavy atom. The minimum Gasteiger partial charge on any atom is -0.385 e. The molecule has 2 N–H and O–H groups in total. The van der Waals surface area contributed by atoms with E-state index >= 15 is 0 Å². The van der Waals surface area contributed by atoms with E-state index in [1.165, 1.54) is 0 Å². The monoisotopic (exact) mass is 226 g/mol. The van der Waals surface area contributed by atoms with Crippen molar-refractivity contribution in [2.75, 3.05) is 11.9 Å². The Hall–Kier alpha value is -2.28. The second-order valence-electron chi connectivity index (χ2n) is 3.76. The molecule has 4 heteroatoms. The molecule has 0 fully saturated rings. The second kappa shape index (κ2) is 5.71. The Morgan fingerprint density at radius 1 is 1.29 bits per heavy atom. The van der Waals surface area contributed by atoms with Gasteiger partial charge < -0.3 is 10.3 Å². The maximum Gasteiger partial charge on any atom is 0.106 e. The summed E-state index contributed by atoms with van der Waals surface area (Å²) in [6.07, 6.45) is 5.57. The zero-order valence-corrected chi connectivity index (χ0v) is 9.48. The molecule has 1 aromatic heterocycles. The van der Waals surface area contributed by atoms with Gasteiger partial charge in [0.25, 0.3) is 0 Å². The van der Waals surface area contributed by atoms with E-state index in [2.05, 4.69) is 21.4 Å². The number of H-pyrrole nitrogens is 1. The van der Waals surface area contributed by atoms with Gasteiger partial charge in [-0.05, 0) is 30.7 Å². The average molecular weight is 226 g/mol. The van der Waals surface area contributed by atoms with Crippen LogP contribution >= 0.6 is 0 Å². The number of benzene rings is 1. The van der Waals surface area contributed by atoms with Crippen LogP contribution in [0.2, 0.25) is 0 Å². The fourth-order valence-corrected chi connectivity index (χ4v) is 1.59. The van der Waals surface area contributed by atoms with Gasteiger partial charge in [-0.25, -0.2) is 4.98 Å². The van der Waals surface area contributed by atoms with Gasteiger partial charge >= 0.3 is 0 Å². The summed E-state index contributed by atoms with van der Waals surface area (Å²) in [5, 5.41) is 12.0. The van der Waals surface area contributed by atoms with Gasteiger partial charge in [-0.3, -0.25) is 0 Å². The average Bonchev–Trinajstić information content (AvgIpc) is 2.88. The van der Waals surface area contributed by atoms with Crippen molar-refractivity contribution in [2.45, 2.75) is 12.8 Å². The van der Waals surface area contributed by atoms with Crippen LogP contribution in [0.1, 0.15) is 17.8 Å². The van der Waals surface area contributed by atoms with Crippen LogP contribution in [0.4, 0.5) is 5.69 Å². The van der Waals surface area contributed by atoms with Gasteiger partial charge in [0.1, 0.15) is 5.82 Å². The molecule has 0 radical (unpaired) electrons. The van der Waals surface area contributed by atoms with E-state index in [-0.39, 0.29) is 0 Å². The number of hydrogen-bond acceptors (Lipinski definition) is 3. The molecule has 0 saturated carbocycles. The summed E-state index contributed by atoms with van der Waals surface area (Å²) in [4.78, 5) is 7.24. The number of anilines is 1. The Labute approximate surface area is 100 Å². The van der Waals surface area contributed by atoms with Crippen LogP contribution in [0.15, 0.2) is 36.7 Å². The van der Waals surface area contributed by atoms with Crippen LogP contribution in [0, 0.1) is 11.3 Å². The first-order valence-corrected chi connectivity index (χ1v) is 5.61. The van der Waals surface area contributed by atoms with Gasteiger partial charge in [0.2, 0.25) is 0 Å². The first kappa shape index (κ1) is 11.2. The summed E-state index contributed by atoms with van der Waals surface area (Å²) in [7, 11) is 0. The molecular weight excluding hydrogens is 212 g/mol. The molecule has 86 valence electrons. The number of hydrogen-bond donors (Lipinski definition) is 2. The number of imidazole rings is 1. The fourth-order valence-electron chi connectivity index (χ4n) is 1.59. The second-order valence-corrected chi connectivity index (χ2v) is 3.76. The minimum absolute atomic E-state index is 0.686. The van der Waals surface area contributed by atoms with Crippen LogP contribution in [0.5, 0.6) is 0 Å². The number of aromatic amines is 1. The molecule has 0 amide bonds. The van der Waals surface area contributed by atoms with Gasteiger partial charge in [-0.2, -0.15) is 5.26 Å². The molecule has 0 unspecified atom stereocenters. The van der Waals surface area contributed by atoms with Crippen molar-refractivity contribution in [1.82, 2.24) is 9.97 Å². The third-order valence-corrected chi connectivity index (χ3v) is 2.49. The molecule has 0 aliphatic carbocycles. The normalized spacial score (nSPS) is 9.82. The zero-order chi connectivity index (χ0) is 11.9. The lowest BCUT2D eigenvalue weighted by molar-refractivity contribution is 0.816. The zero-order valence-electron chi connectivity index (χ0n) is 9.48. The summed E-state index contributed by atoms with van der Waals surface area (Å²) in [5.74, 6) is 1.02. The van der Waals surface area contributed by atoms with Crippen molar-refractivity contribution in [3.8, 4) is 6.07 Å². The van der Waals surface area contributed by atoms with Gasteiger partial charge in [0.05, 0.1) is 11.6 Å². The van der Waals surface area contributed by atoms with Gasteiger partial charge in [-0.15, -0.1) is 0 Å². The highest BCUT2D eigenvalue weighted by Gasteiger charge is 1.95. The Balaban J connectivity index is 1.73. The van der Waals surface area contributed by atoms with Crippen LogP contribution < -0.4 is 5.32 Å². The Kier molecular flexibility index (Phi) is 3.77. The lowest BCUT2D eigenvalue weighted by Gasteiger charge is -2.05. The summed E-state index contributed by atoms with van der Waals surface area (Å²) < 4.78 is 0. The molecule has 2 aromatic rings. The number of nitrogens with zero attached hydrogens (tertiary/aromatic N) is 2. The molecule has 0 spiro atoms. The molecule has 0 saturated heterocycles. The maximum atomic E-state index is 8.67. The third kappa shape index (κ3) is 3.35. The van der Waals surface area contributed by atoms with Crippen LogP contribution in [0.3, 0.4) is 0 Å². The quantitative estimate of drug-likeness (QED) is 0.769. The molecule has 1 heterocycles. The highest BCUT2D eigenvalue weighted by Crippen LogP contribution is 2.08. The molecule has 0 aliphatic rings. The summed E-state index contributed by atoms with van der Waals surface area (Å²) >= 11 is 0. The standard InChI is InChI=1S/C13H14N4/c14-10-11-3-5-12(6-4-11)15-7-1-2-13-16-8-9-17-13/h3-6,8-9,15H,1-2,7H2,(H,16,17). The predicted molar refractivity (Wildman–Crippen MR) is 66.6 cm³/mol. The molecule has 1 aromatic carbocycles. The smallest absolute Gasteiger partial charge is 0.106 e. The highest BCUT2D eigenvalue weighted by molar-refractivity contribution is 5.46. The summed E-state index contributed by atoms with van der Waals surface area (Å²) in [6, 6.07) is 9.57. The SMILES string of the molecule is N#Cc1ccc(NCCCc2ncc[nH]2)cc1. The van der Waals surface area contributed by atoms with Gasteiger partial charge in [0.15, 0.2) is 0 Å². The first-order chi connectivity index (χ1) is 8.38. The van der Waals surface area contributed by atoms with E-state index in [1.54, 1.807) is 6.20 Å². The third-order valence-electron chi connectivity index (χ3n) is 2.49. The molecule has 4 nitrogen and oxygen atoms in total. The lowest BCUT2D eigenvalue weighted by Crippen LogP contribution is -2.03. The van der Waals surface area contributed by atoms with E-state index in [4.69, 9.17) is 5.26 Å². The number of nitriles is 1. The lowest BCUT2D eigenvalue weighted by atomic mass is 10.2. The van der Waals surface area contributed by atoms with E-state index in [1.807, 2.05) is 30.5 Å². The van der Waals surface area contributed by atoms with Gasteiger partial charge in [-0.1, -0.05) is 0 Å². The molecule has 2 rings (SSSR count). The van der Waals surface area contributed by atoms with Crippen molar-refractivity contribution in [1.29, 1.82) is 5.26 Å². The first-order valence-electron chi connectivity index (χ1n) is 5.61. The number of aryl methyl sites for hydroxylation is 1. The van der Waals surface area contributed by atoms with Crippen molar-refractivity contribution >= 4 is 5.69 Å². The van der Waals surface area contributed by atoms with Gasteiger partial charge in [0, 0.05) is 31.0 Å². The topological polar surface area (TPSA) is 64.5 Å².